The second kappa shape index (κ2) is 3.13. The summed E-state index contributed by atoms with van der Waals surface area (Å²) < 4.78 is 10.4. The molecule has 0 heterocycles. The molecule has 13 heavy (non-hydrogen) atoms. The average molecular weight is 176 g/mol. The van der Waals surface area contributed by atoms with Crippen LogP contribution in [0.4, 0.5) is 0 Å². The van der Waals surface area contributed by atoms with Crippen molar-refractivity contribution >= 4 is 0 Å². The van der Waals surface area contributed by atoms with Gasteiger partial charge in [0.15, 0.2) is 11.5 Å². The summed E-state index contributed by atoms with van der Waals surface area (Å²) in [4.78, 5) is 0. The molecule has 2 aliphatic rings. The maximum atomic E-state index is 5.21. The molecule has 2 heteroatoms. The minimum Gasteiger partial charge on any atom is -0.493 e. The van der Waals surface area contributed by atoms with Gasteiger partial charge in [0.2, 0.25) is 0 Å². The van der Waals surface area contributed by atoms with E-state index in [4.69, 9.17) is 9.47 Å². The van der Waals surface area contributed by atoms with Gasteiger partial charge < -0.3 is 9.47 Å². The third kappa shape index (κ3) is 1.28. The van der Waals surface area contributed by atoms with Crippen LogP contribution in [0, 0.1) is 5.92 Å². The first-order valence-corrected chi connectivity index (χ1v) is 4.25. The molecule has 0 spiro atoms. The molecule has 0 saturated carbocycles. The molecule has 1 atom stereocenters. The van der Waals surface area contributed by atoms with Crippen LogP contribution in [0.5, 0.6) is 0 Å². The Labute approximate surface area is 77.8 Å². The minimum atomic E-state index is 0.369. The molecule has 0 aromatic heterocycles. The first-order chi connectivity index (χ1) is 6.35. The zero-order chi connectivity index (χ0) is 9.26. The monoisotopic (exact) mass is 176 g/mol. The van der Waals surface area contributed by atoms with Gasteiger partial charge in [0.1, 0.15) is 0 Å². The lowest BCUT2D eigenvalue weighted by Gasteiger charge is -2.18. The molecule has 0 aromatic rings. The van der Waals surface area contributed by atoms with E-state index in [1.807, 2.05) is 6.08 Å². The fourth-order valence-corrected chi connectivity index (χ4v) is 1.60. The van der Waals surface area contributed by atoms with Gasteiger partial charge in [-0.1, -0.05) is 18.2 Å². The van der Waals surface area contributed by atoms with Gasteiger partial charge in [-0.05, 0) is 17.7 Å². The molecule has 68 valence electrons. The Balaban J connectivity index is 2.34. The molecule has 0 fully saturated rings. The highest BCUT2D eigenvalue weighted by atomic mass is 16.5. The molecule has 2 rings (SSSR count). The van der Waals surface area contributed by atoms with Gasteiger partial charge in [0.05, 0.1) is 14.2 Å². The first kappa shape index (κ1) is 8.17. The third-order valence-electron chi connectivity index (χ3n) is 2.30. The predicted octanol–water partition coefficient (Wildman–Crippen LogP) is 2.17. The van der Waals surface area contributed by atoms with Gasteiger partial charge in [-0.25, -0.2) is 0 Å². The van der Waals surface area contributed by atoms with Crippen LogP contribution in [0.25, 0.3) is 0 Å². The summed E-state index contributed by atoms with van der Waals surface area (Å²) in [5.41, 5.74) is 1.26. The van der Waals surface area contributed by atoms with Gasteiger partial charge >= 0.3 is 0 Å². The lowest BCUT2D eigenvalue weighted by Crippen LogP contribution is -2.06. The van der Waals surface area contributed by atoms with Gasteiger partial charge in [-0.15, -0.1) is 0 Å². The van der Waals surface area contributed by atoms with E-state index in [9.17, 15) is 0 Å². The molecule has 0 saturated heterocycles. The van der Waals surface area contributed by atoms with Crippen molar-refractivity contribution in [1.82, 2.24) is 0 Å². The standard InChI is InChI=1S/C11H12O2/c1-12-10-6-8-4-3-5-9(8)7-11(10)13-2/h3-8H,1-2H3. The van der Waals surface area contributed by atoms with Gasteiger partial charge in [-0.2, -0.15) is 0 Å². The molecular weight excluding hydrogens is 164 g/mol. The lowest BCUT2D eigenvalue weighted by atomic mass is 9.96. The normalized spacial score (nSPS) is 24.5. The summed E-state index contributed by atoms with van der Waals surface area (Å²) >= 11 is 0. The van der Waals surface area contributed by atoms with Gasteiger partial charge in [0.25, 0.3) is 0 Å². The Kier molecular flexibility index (Phi) is 1.97. The van der Waals surface area contributed by atoms with Crippen LogP contribution >= 0.6 is 0 Å². The van der Waals surface area contributed by atoms with Crippen LogP contribution in [0.1, 0.15) is 0 Å². The van der Waals surface area contributed by atoms with E-state index in [0.29, 0.717) is 5.92 Å². The fourth-order valence-electron chi connectivity index (χ4n) is 1.60. The van der Waals surface area contributed by atoms with Gasteiger partial charge in [-0.3, -0.25) is 0 Å². The summed E-state index contributed by atoms with van der Waals surface area (Å²) in [6, 6.07) is 0. The second-order valence-electron chi connectivity index (χ2n) is 3.03. The maximum absolute atomic E-state index is 5.21. The van der Waals surface area contributed by atoms with Crippen LogP contribution in [0.3, 0.4) is 0 Å². The molecular formula is C11H12O2. The zero-order valence-corrected chi connectivity index (χ0v) is 7.78. The number of fused-ring (bicyclic) bond motifs is 1. The van der Waals surface area contributed by atoms with Crippen LogP contribution in [-0.4, -0.2) is 14.2 Å². The Morgan fingerprint density at radius 1 is 1.15 bits per heavy atom. The summed E-state index contributed by atoms with van der Waals surface area (Å²) in [5, 5.41) is 0. The SMILES string of the molecule is COC1=CC2=CC=CC2C=C1OC. The molecule has 0 bridgehead atoms. The Morgan fingerprint density at radius 3 is 2.62 bits per heavy atom. The minimum absolute atomic E-state index is 0.369. The molecule has 2 aliphatic carbocycles. The average Bonchev–Trinajstić information content (AvgIpc) is 2.62. The Hall–Kier alpha value is -1.44. The van der Waals surface area contributed by atoms with E-state index in [0.717, 1.165) is 11.5 Å². The van der Waals surface area contributed by atoms with Crippen molar-refractivity contribution in [2.45, 2.75) is 0 Å². The summed E-state index contributed by atoms with van der Waals surface area (Å²) in [5.74, 6) is 1.98. The quantitative estimate of drug-likeness (QED) is 0.642. The number of hydrogen-bond donors (Lipinski definition) is 0. The van der Waals surface area contributed by atoms with Crippen molar-refractivity contribution in [1.29, 1.82) is 0 Å². The first-order valence-electron chi connectivity index (χ1n) is 4.25. The molecule has 1 unspecified atom stereocenters. The molecule has 2 nitrogen and oxygen atoms in total. The van der Waals surface area contributed by atoms with Crippen molar-refractivity contribution < 1.29 is 9.47 Å². The Bertz CT molecular complexity index is 332. The molecule has 0 aliphatic heterocycles. The number of allylic oxidation sites excluding steroid dienone is 6. The van der Waals surface area contributed by atoms with E-state index < -0.39 is 0 Å². The lowest BCUT2D eigenvalue weighted by molar-refractivity contribution is 0.216. The zero-order valence-electron chi connectivity index (χ0n) is 7.78. The number of hydrogen-bond acceptors (Lipinski definition) is 2. The van der Waals surface area contributed by atoms with E-state index in [-0.39, 0.29) is 0 Å². The van der Waals surface area contributed by atoms with Crippen LogP contribution in [-0.2, 0) is 9.47 Å². The Morgan fingerprint density at radius 2 is 1.92 bits per heavy atom. The summed E-state index contributed by atoms with van der Waals surface area (Å²) in [7, 11) is 3.31. The van der Waals surface area contributed by atoms with Crippen LogP contribution in [0.2, 0.25) is 0 Å². The van der Waals surface area contributed by atoms with Crippen molar-refractivity contribution in [2.75, 3.05) is 14.2 Å². The third-order valence-corrected chi connectivity index (χ3v) is 2.30. The van der Waals surface area contributed by atoms with Gasteiger partial charge in [0, 0.05) is 5.92 Å². The topological polar surface area (TPSA) is 18.5 Å². The second-order valence-corrected chi connectivity index (χ2v) is 3.03. The number of rotatable bonds is 2. The highest BCUT2D eigenvalue weighted by molar-refractivity contribution is 5.47. The largest absolute Gasteiger partial charge is 0.493 e. The summed E-state index contributed by atoms with van der Waals surface area (Å²) in [6.07, 6.45) is 10.4. The van der Waals surface area contributed by atoms with Crippen molar-refractivity contribution in [2.24, 2.45) is 5.92 Å². The smallest absolute Gasteiger partial charge is 0.160 e. The van der Waals surface area contributed by atoms with Crippen molar-refractivity contribution in [3.63, 3.8) is 0 Å². The molecule has 0 radical (unpaired) electrons. The molecule has 0 N–H and O–H groups in total. The van der Waals surface area contributed by atoms with E-state index >= 15 is 0 Å². The van der Waals surface area contributed by atoms with E-state index in [2.05, 4.69) is 24.3 Å². The predicted molar refractivity (Wildman–Crippen MR) is 50.9 cm³/mol. The summed E-state index contributed by atoms with van der Waals surface area (Å²) in [6.45, 7) is 0. The number of ether oxygens (including phenoxy) is 2. The maximum Gasteiger partial charge on any atom is 0.160 e. The van der Waals surface area contributed by atoms with Crippen molar-refractivity contribution in [3.05, 3.63) is 47.5 Å². The molecule has 0 aromatic carbocycles. The highest BCUT2D eigenvalue weighted by Gasteiger charge is 2.20. The number of methoxy groups -OCH3 is 2. The van der Waals surface area contributed by atoms with Crippen LogP contribution in [0.15, 0.2) is 47.5 Å². The van der Waals surface area contributed by atoms with E-state index in [1.54, 1.807) is 14.2 Å². The fraction of sp³-hybridized carbons (Fsp3) is 0.273. The van der Waals surface area contributed by atoms with E-state index in [1.165, 1.54) is 5.57 Å². The van der Waals surface area contributed by atoms with Crippen LogP contribution < -0.4 is 0 Å². The highest BCUT2D eigenvalue weighted by Crippen LogP contribution is 2.31. The van der Waals surface area contributed by atoms with Crippen molar-refractivity contribution in [3.8, 4) is 0 Å². The molecule has 0 amide bonds.